The Labute approximate surface area is 161 Å². The van der Waals surface area contributed by atoms with Crippen LogP contribution in [0.3, 0.4) is 0 Å². The summed E-state index contributed by atoms with van der Waals surface area (Å²) in [7, 11) is 7.22. The van der Waals surface area contributed by atoms with E-state index in [2.05, 4.69) is 10.2 Å². The molecule has 2 aromatic rings. The molecule has 0 spiro atoms. The second kappa shape index (κ2) is 9.83. The van der Waals surface area contributed by atoms with Crippen molar-refractivity contribution < 1.29 is 19.0 Å². The molecule has 0 aliphatic carbocycles. The molecule has 6 heteroatoms. The number of likely N-dealkylation sites (N-methyl/N-ethyl adjacent to an activating group) is 1. The monoisotopic (exact) mass is 372 g/mol. The molecule has 0 heterocycles. The fourth-order valence-corrected chi connectivity index (χ4v) is 2.68. The van der Waals surface area contributed by atoms with Gasteiger partial charge < -0.3 is 24.4 Å². The Morgan fingerprint density at radius 1 is 0.926 bits per heavy atom. The summed E-state index contributed by atoms with van der Waals surface area (Å²) in [6.45, 7) is 2.21. The third kappa shape index (κ3) is 5.89. The molecule has 0 saturated carbocycles. The number of hydrogen-bond donors (Lipinski definition) is 1. The quantitative estimate of drug-likeness (QED) is 0.733. The molecule has 0 radical (unpaired) electrons. The van der Waals surface area contributed by atoms with Crippen LogP contribution in [-0.2, 0) is 4.79 Å². The lowest BCUT2D eigenvalue weighted by molar-refractivity contribution is -0.127. The molecule has 0 saturated heterocycles. The Kier molecular flexibility index (Phi) is 7.49. The Bertz CT molecular complexity index is 714. The molecule has 1 N–H and O–H groups in total. The van der Waals surface area contributed by atoms with Crippen LogP contribution in [0.5, 0.6) is 17.2 Å². The van der Waals surface area contributed by atoms with E-state index in [0.717, 1.165) is 17.1 Å². The third-order valence-electron chi connectivity index (χ3n) is 4.34. The molecule has 0 bridgehead atoms. The minimum Gasteiger partial charge on any atom is -0.497 e. The van der Waals surface area contributed by atoms with Gasteiger partial charge in [-0.1, -0.05) is 12.1 Å². The number of methoxy groups -OCH3 is 2. The van der Waals surface area contributed by atoms with Crippen molar-refractivity contribution in [3.63, 3.8) is 0 Å². The van der Waals surface area contributed by atoms with Crippen LogP contribution in [0.1, 0.15) is 18.5 Å². The van der Waals surface area contributed by atoms with Crippen LogP contribution < -0.4 is 19.5 Å². The van der Waals surface area contributed by atoms with E-state index < -0.39 is 6.10 Å². The Morgan fingerprint density at radius 3 is 1.89 bits per heavy atom. The zero-order chi connectivity index (χ0) is 19.8. The first-order valence-corrected chi connectivity index (χ1v) is 8.83. The lowest BCUT2D eigenvalue weighted by Gasteiger charge is -2.26. The van der Waals surface area contributed by atoms with Gasteiger partial charge in [0, 0.05) is 6.54 Å². The Balaban J connectivity index is 1.93. The number of hydrogen-bond acceptors (Lipinski definition) is 5. The first-order valence-electron chi connectivity index (χ1n) is 8.83. The molecule has 2 aromatic carbocycles. The minimum atomic E-state index is -0.600. The van der Waals surface area contributed by atoms with E-state index in [1.54, 1.807) is 45.4 Å². The predicted octanol–water partition coefficient (Wildman–Crippen LogP) is 2.89. The van der Waals surface area contributed by atoms with E-state index in [1.807, 2.05) is 38.4 Å². The average molecular weight is 372 g/mol. The number of nitrogens with one attached hydrogen (secondary N) is 1. The maximum absolute atomic E-state index is 12.4. The van der Waals surface area contributed by atoms with E-state index in [9.17, 15) is 4.79 Å². The van der Waals surface area contributed by atoms with E-state index >= 15 is 0 Å². The van der Waals surface area contributed by atoms with Crippen molar-refractivity contribution in [3.8, 4) is 17.2 Å². The van der Waals surface area contributed by atoms with Crippen LogP contribution in [-0.4, -0.2) is 51.8 Å². The molecule has 1 amide bonds. The maximum atomic E-state index is 12.4. The summed E-state index contributed by atoms with van der Waals surface area (Å²) in [5, 5.41) is 2.97. The van der Waals surface area contributed by atoms with Gasteiger partial charge in [-0.25, -0.2) is 0 Å². The Hall–Kier alpha value is -2.73. The normalized spacial score (nSPS) is 13.0. The molecule has 0 aliphatic rings. The molecule has 0 aromatic heterocycles. The van der Waals surface area contributed by atoms with Gasteiger partial charge in [0.2, 0.25) is 0 Å². The van der Waals surface area contributed by atoms with Crippen LogP contribution in [0.2, 0.25) is 0 Å². The van der Waals surface area contributed by atoms with Crippen molar-refractivity contribution in [2.45, 2.75) is 19.1 Å². The fraction of sp³-hybridized carbons (Fsp3) is 0.381. The number of amides is 1. The van der Waals surface area contributed by atoms with Crippen molar-refractivity contribution in [1.29, 1.82) is 0 Å². The summed E-state index contributed by atoms with van der Waals surface area (Å²) in [6, 6.07) is 15.1. The SMILES string of the molecule is COc1ccc(OC(C)C(=O)NCC(c2ccc(OC)cc2)N(C)C)cc1. The highest BCUT2D eigenvalue weighted by molar-refractivity contribution is 5.80. The van der Waals surface area contributed by atoms with Gasteiger partial charge >= 0.3 is 0 Å². The zero-order valence-electron chi connectivity index (χ0n) is 16.6. The molecular weight excluding hydrogens is 344 g/mol. The second-order valence-corrected chi connectivity index (χ2v) is 6.43. The summed E-state index contributed by atoms with van der Waals surface area (Å²) < 4.78 is 16.0. The fourth-order valence-electron chi connectivity index (χ4n) is 2.68. The summed E-state index contributed by atoms with van der Waals surface area (Å²) >= 11 is 0. The van der Waals surface area contributed by atoms with Gasteiger partial charge in [0.05, 0.1) is 20.3 Å². The van der Waals surface area contributed by atoms with Crippen LogP contribution in [0.4, 0.5) is 0 Å². The third-order valence-corrected chi connectivity index (χ3v) is 4.34. The summed E-state index contributed by atoms with van der Waals surface area (Å²) in [6.07, 6.45) is -0.600. The highest BCUT2D eigenvalue weighted by Crippen LogP contribution is 2.21. The second-order valence-electron chi connectivity index (χ2n) is 6.43. The van der Waals surface area contributed by atoms with Crippen molar-refractivity contribution in [1.82, 2.24) is 10.2 Å². The van der Waals surface area contributed by atoms with Gasteiger partial charge in [0.25, 0.3) is 5.91 Å². The number of rotatable bonds is 9. The molecule has 0 aliphatic heterocycles. The number of benzene rings is 2. The lowest BCUT2D eigenvalue weighted by atomic mass is 10.1. The molecule has 0 fully saturated rings. The predicted molar refractivity (Wildman–Crippen MR) is 106 cm³/mol. The number of carbonyl (C=O) groups is 1. The molecule has 27 heavy (non-hydrogen) atoms. The topological polar surface area (TPSA) is 60.0 Å². The Morgan fingerprint density at radius 2 is 1.41 bits per heavy atom. The highest BCUT2D eigenvalue weighted by Gasteiger charge is 2.19. The largest absolute Gasteiger partial charge is 0.497 e. The van der Waals surface area contributed by atoms with Crippen molar-refractivity contribution in [2.24, 2.45) is 0 Å². The minimum absolute atomic E-state index is 0.0491. The summed E-state index contributed by atoms with van der Waals surface area (Å²) in [5.41, 5.74) is 1.10. The van der Waals surface area contributed by atoms with Gasteiger partial charge in [-0.05, 0) is 63.0 Å². The summed E-state index contributed by atoms with van der Waals surface area (Å²) in [4.78, 5) is 14.5. The van der Waals surface area contributed by atoms with Gasteiger partial charge in [0.15, 0.2) is 6.10 Å². The van der Waals surface area contributed by atoms with Crippen molar-refractivity contribution in [2.75, 3.05) is 34.9 Å². The molecule has 2 rings (SSSR count). The van der Waals surface area contributed by atoms with Crippen LogP contribution >= 0.6 is 0 Å². The van der Waals surface area contributed by atoms with Crippen LogP contribution in [0.25, 0.3) is 0 Å². The first-order chi connectivity index (χ1) is 12.9. The molecule has 2 unspecified atom stereocenters. The summed E-state index contributed by atoms with van der Waals surface area (Å²) in [5.74, 6) is 2.01. The van der Waals surface area contributed by atoms with Gasteiger partial charge in [0.1, 0.15) is 17.2 Å². The number of ether oxygens (including phenoxy) is 3. The van der Waals surface area contributed by atoms with Crippen LogP contribution in [0.15, 0.2) is 48.5 Å². The molecule has 2 atom stereocenters. The van der Waals surface area contributed by atoms with E-state index in [1.165, 1.54) is 0 Å². The van der Waals surface area contributed by atoms with Gasteiger partial charge in [-0.3, -0.25) is 4.79 Å². The highest BCUT2D eigenvalue weighted by atomic mass is 16.5. The number of carbonyl (C=O) groups excluding carboxylic acids is 1. The van der Waals surface area contributed by atoms with Crippen molar-refractivity contribution >= 4 is 5.91 Å². The lowest BCUT2D eigenvalue weighted by Crippen LogP contribution is -2.41. The number of nitrogens with zero attached hydrogens (tertiary/aromatic N) is 1. The average Bonchev–Trinajstić information content (AvgIpc) is 2.68. The van der Waals surface area contributed by atoms with E-state index in [4.69, 9.17) is 14.2 Å². The smallest absolute Gasteiger partial charge is 0.260 e. The zero-order valence-corrected chi connectivity index (χ0v) is 16.6. The van der Waals surface area contributed by atoms with Crippen molar-refractivity contribution in [3.05, 3.63) is 54.1 Å². The molecule has 146 valence electrons. The van der Waals surface area contributed by atoms with E-state index in [0.29, 0.717) is 12.3 Å². The maximum Gasteiger partial charge on any atom is 0.260 e. The van der Waals surface area contributed by atoms with Gasteiger partial charge in [-0.15, -0.1) is 0 Å². The molecular formula is C21H28N2O4. The van der Waals surface area contributed by atoms with E-state index in [-0.39, 0.29) is 11.9 Å². The van der Waals surface area contributed by atoms with Crippen LogP contribution in [0, 0.1) is 0 Å². The standard InChI is InChI=1S/C21H28N2O4/c1-15(27-19-12-10-18(26-5)11-13-19)21(24)22-14-20(23(2)3)16-6-8-17(25-4)9-7-16/h6-13,15,20H,14H2,1-5H3,(H,22,24). The molecule has 6 nitrogen and oxygen atoms in total. The first kappa shape index (κ1) is 20.6. The van der Waals surface area contributed by atoms with Gasteiger partial charge in [-0.2, -0.15) is 0 Å².